The molecule has 1 fully saturated rings. The van der Waals surface area contributed by atoms with Crippen molar-refractivity contribution in [3.8, 4) is 11.3 Å². The molecule has 1 aromatic heterocycles. The van der Waals surface area contributed by atoms with Gasteiger partial charge in [-0.25, -0.2) is 8.78 Å². The van der Waals surface area contributed by atoms with E-state index in [1.165, 1.54) is 6.07 Å². The van der Waals surface area contributed by atoms with Crippen LogP contribution in [0.1, 0.15) is 50.3 Å². The number of hydrogen-bond donors (Lipinski definition) is 1. The van der Waals surface area contributed by atoms with Gasteiger partial charge in [-0.05, 0) is 69.5 Å². The molecule has 4 rings (SSSR count). The molecular formula is C24H26ClF2N3. The quantitative estimate of drug-likeness (QED) is 0.523. The largest absolute Gasteiger partial charge is 0.298 e. The average molecular weight is 430 g/mol. The predicted molar refractivity (Wildman–Crippen MR) is 117 cm³/mol. The van der Waals surface area contributed by atoms with Gasteiger partial charge in [-0.2, -0.15) is 5.10 Å². The molecule has 0 bridgehead atoms. The van der Waals surface area contributed by atoms with Gasteiger partial charge in [-0.3, -0.25) is 10.00 Å². The number of likely N-dealkylation sites (tertiary alicyclic amines) is 1. The first-order chi connectivity index (χ1) is 14.2. The highest BCUT2D eigenvalue weighted by Crippen LogP contribution is 2.42. The SMILES string of the molecule is CC(C)(C)N1CC[C@@H](c2ccc(F)cc2F)[C@H](c2cc(-c3ccc(Cl)cc3)n[nH]2)C1. The fourth-order valence-corrected chi connectivity index (χ4v) is 4.47. The van der Waals surface area contributed by atoms with E-state index < -0.39 is 11.6 Å². The zero-order valence-corrected chi connectivity index (χ0v) is 18.2. The summed E-state index contributed by atoms with van der Waals surface area (Å²) in [5.41, 5.74) is 3.33. The van der Waals surface area contributed by atoms with Crippen molar-refractivity contribution in [2.24, 2.45) is 0 Å². The van der Waals surface area contributed by atoms with Crippen molar-refractivity contribution in [1.82, 2.24) is 15.1 Å². The highest BCUT2D eigenvalue weighted by molar-refractivity contribution is 6.30. The molecule has 0 spiro atoms. The predicted octanol–water partition coefficient (Wildman–Crippen LogP) is 6.38. The smallest absolute Gasteiger partial charge is 0.129 e. The van der Waals surface area contributed by atoms with E-state index in [9.17, 15) is 8.78 Å². The van der Waals surface area contributed by atoms with Gasteiger partial charge >= 0.3 is 0 Å². The number of aromatic amines is 1. The number of nitrogens with zero attached hydrogens (tertiary/aromatic N) is 2. The molecule has 0 aliphatic carbocycles. The van der Waals surface area contributed by atoms with Crippen molar-refractivity contribution in [2.75, 3.05) is 13.1 Å². The summed E-state index contributed by atoms with van der Waals surface area (Å²) in [7, 11) is 0. The van der Waals surface area contributed by atoms with E-state index in [0.29, 0.717) is 10.6 Å². The van der Waals surface area contributed by atoms with Gasteiger partial charge in [0.2, 0.25) is 0 Å². The third-order valence-electron chi connectivity index (χ3n) is 6.06. The molecular weight excluding hydrogens is 404 g/mol. The topological polar surface area (TPSA) is 31.9 Å². The third-order valence-corrected chi connectivity index (χ3v) is 6.31. The van der Waals surface area contributed by atoms with E-state index in [2.05, 4.69) is 35.9 Å². The molecule has 1 N–H and O–H groups in total. The zero-order chi connectivity index (χ0) is 21.5. The summed E-state index contributed by atoms with van der Waals surface area (Å²) < 4.78 is 28.2. The van der Waals surface area contributed by atoms with Crippen LogP contribution < -0.4 is 0 Å². The van der Waals surface area contributed by atoms with E-state index in [1.807, 2.05) is 30.3 Å². The highest BCUT2D eigenvalue weighted by Gasteiger charge is 2.37. The van der Waals surface area contributed by atoms with Crippen molar-refractivity contribution >= 4 is 11.6 Å². The second-order valence-electron chi connectivity index (χ2n) is 9.00. The van der Waals surface area contributed by atoms with Crippen LogP contribution in [0.5, 0.6) is 0 Å². The molecule has 2 atom stereocenters. The van der Waals surface area contributed by atoms with Crippen LogP contribution in [0, 0.1) is 11.6 Å². The normalized spacial score (nSPS) is 20.5. The number of nitrogens with one attached hydrogen (secondary N) is 1. The summed E-state index contributed by atoms with van der Waals surface area (Å²) in [6.45, 7) is 8.20. The minimum atomic E-state index is -0.550. The Bertz CT molecular complexity index is 1020. The number of aromatic nitrogens is 2. The molecule has 30 heavy (non-hydrogen) atoms. The Morgan fingerprint density at radius 2 is 1.77 bits per heavy atom. The maximum atomic E-state index is 14.7. The van der Waals surface area contributed by atoms with Gasteiger partial charge in [0.1, 0.15) is 11.6 Å². The molecule has 0 radical (unpaired) electrons. The second kappa shape index (κ2) is 8.12. The molecule has 0 saturated carbocycles. The lowest BCUT2D eigenvalue weighted by molar-refractivity contribution is 0.0871. The molecule has 3 aromatic rings. The Hall–Kier alpha value is -2.24. The van der Waals surface area contributed by atoms with E-state index in [0.717, 1.165) is 42.5 Å². The van der Waals surface area contributed by atoms with Gasteiger partial charge in [-0.1, -0.05) is 29.8 Å². The monoisotopic (exact) mass is 429 g/mol. The van der Waals surface area contributed by atoms with Crippen molar-refractivity contribution < 1.29 is 8.78 Å². The Morgan fingerprint density at radius 3 is 2.43 bits per heavy atom. The lowest BCUT2D eigenvalue weighted by atomic mass is 9.77. The molecule has 158 valence electrons. The molecule has 1 aliphatic rings. The van der Waals surface area contributed by atoms with Gasteiger partial charge in [0, 0.05) is 40.3 Å². The van der Waals surface area contributed by atoms with Crippen LogP contribution in [0.15, 0.2) is 48.5 Å². The summed E-state index contributed by atoms with van der Waals surface area (Å²) in [6, 6.07) is 13.5. The van der Waals surface area contributed by atoms with Crippen LogP contribution in [-0.4, -0.2) is 33.7 Å². The van der Waals surface area contributed by atoms with E-state index in [4.69, 9.17) is 11.6 Å². The fraction of sp³-hybridized carbons (Fsp3) is 0.375. The summed E-state index contributed by atoms with van der Waals surface area (Å²) >= 11 is 6.00. The van der Waals surface area contributed by atoms with Gasteiger partial charge in [0.15, 0.2) is 0 Å². The highest BCUT2D eigenvalue weighted by atomic mass is 35.5. The maximum Gasteiger partial charge on any atom is 0.129 e. The maximum absolute atomic E-state index is 14.7. The number of H-pyrrole nitrogens is 1. The van der Waals surface area contributed by atoms with Crippen LogP contribution in [0.2, 0.25) is 5.02 Å². The van der Waals surface area contributed by atoms with Crippen LogP contribution in [-0.2, 0) is 0 Å². The Labute approximate surface area is 181 Å². The fourth-order valence-electron chi connectivity index (χ4n) is 4.35. The Balaban J connectivity index is 1.70. The Morgan fingerprint density at radius 1 is 1.03 bits per heavy atom. The standard InChI is InChI=1S/C24H26ClF2N3/c1-24(2,3)30-11-10-18(19-9-8-17(26)12-21(19)27)20(14-30)23-13-22(28-29-23)15-4-6-16(25)7-5-15/h4-9,12-13,18,20H,10-11,14H2,1-3H3,(H,28,29)/t18-,20+/m0/s1. The van der Waals surface area contributed by atoms with Crippen molar-refractivity contribution in [3.63, 3.8) is 0 Å². The number of benzene rings is 2. The van der Waals surface area contributed by atoms with Gasteiger partial charge < -0.3 is 0 Å². The minimum absolute atomic E-state index is 0.00356. The van der Waals surface area contributed by atoms with Crippen LogP contribution in [0.3, 0.4) is 0 Å². The molecule has 1 saturated heterocycles. The van der Waals surface area contributed by atoms with Crippen molar-refractivity contribution in [3.05, 3.63) is 76.4 Å². The first-order valence-corrected chi connectivity index (χ1v) is 10.6. The molecule has 6 heteroatoms. The molecule has 1 aliphatic heterocycles. The van der Waals surface area contributed by atoms with E-state index in [-0.39, 0.29) is 17.4 Å². The third kappa shape index (κ3) is 4.28. The summed E-state index contributed by atoms with van der Waals surface area (Å²) in [4.78, 5) is 2.42. The molecule has 0 unspecified atom stereocenters. The number of rotatable bonds is 3. The van der Waals surface area contributed by atoms with Gasteiger partial charge in [0.05, 0.1) is 5.69 Å². The Kier molecular flexibility index (Phi) is 5.69. The van der Waals surface area contributed by atoms with Gasteiger partial charge in [-0.15, -0.1) is 0 Å². The first kappa shape index (κ1) is 21.0. The molecule has 0 amide bonds. The average Bonchev–Trinajstić information content (AvgIpc) is 3.17. The summed E-state index contributed by atoms with van der Waals surface area (Å²) in [5, 5.41) is 8.36. The van der Waals surface area contributed by atoms with Gasteiger partial charge in [0.25, 0.3) is 0 Å². The molecule has 2 heterocycles. The van der Waals surface area contributed by atoms with Crippen LogP contribution >= 0.6 is 11.6 Å². The first-order valence-electron chi connectivity index (χ1n) is 10.2. The minimum Gasteiger partial charge on any atom is -0.298 e. The zero-order valence-electron chi connectivity index (χ0n) is 17.4. The van der Waals surface area contributed by atoms with Crippen molar-refractivity contribution in [2.45, 2.75) is 44.6 Å². The number of piperidine rings is 1. The van der Waals surface area contributed by atoms with Crippen LogP contribution in [0.4, 0.5) is 8.78 Å². The second-order valence-corrected chi connectivity index (χ2v) is 9.44. The van der Waals surface area contributed by atoms with Crippen LogP contribution in [0.25, 0.3) is 11.3 Å². The van der Waals surface area contributed by atoms with Crippen molar-refractivity contribution in [1.29, 1.82) is 0 Å². The lowest BCUT2D eigenvalue weighted by Gasteiger charge is -2.45. The number of hydrogen-bond acceptors (Lipinski definition) is 2. The molecule has 2 aromatic carbocycles. The number of halogens is 3. The van der Waals surface area contributed by atoms with E-state index >= 15 is 0 Å². The van der Waals surface area contributed by atoms with E-state index in [1.54, 1.807) is 6.07 Å². The summed E-state index contributed by atoms with van der Waals surface area (Å²) in [6.07, 6.45) is 0.791. The molecule has 3 nitrogen and oxygen atoms in total. The summed E-state index contributed by atoms with van der Waals surface area (Å²) in [5.74, 6) is -1.06. The lowest BCUT2D eigenvalue weighted by Crippen LogP contribution is -2.48.